The van der Waals surface area contributed by atoms with Gasteiger partial charge in [-0.05, 0) is 37.7 Å². The summed E-state index contributed by atoms with van der Waals surface area (Å²) in [6.45, 7) is 9.40. The van der Waals surface area contributed by atoms with Crippen molar-refractivity contribution in [1.82, 2.24) is 9.88 Å². The topological polar surface area (TPSA) is 73.4 Å². The minimum absolute atomic E-state index is 0.0492. The van der Waals surface area contributed by atoms with Crippen LogP contribution in [0.15, 0.2) is 0 Å². The molecule has 0 aromatic carbocycles. The highest BCUT2D eigenvalue weighted by Gasteiger charge is 2.32. The lowest BCUT2D eigenvalue weighted by Crippen LogP contribution is -2.42. The molecule has 1 amide bonds. The van der Waals surface area contributed by atoms with Crippen molar-refractivity contribution in [3.05, 3.63) is 22.5 Å². The molecule has 1 aromatic rings. The average molecular weight is 292 g/mol. The van der Waals surface area contributed by atoms with E-state index >= 15 is 0 Å². The van der Waals surface area contributed by atoms with Gasteiger partial charge in [0.05, 0.1) is 5.56 Å². The van der Waals surface area contributed by atoms with Crippen molar-refractivity contribution in [2.75, 3.05) is 13.1 Å². The van der Waals surface area contributed by atoms with Gasteiger partial charge in [-0.15, -0.1) is 0 Å². The maximum Gasteiger partial charge on any atom is 0.352 e. The molecule has 5 nitrogen and oxygen atoms in total. The van der Waals surface area contributed by atoms with Gasteiger partial charge in [0.15, 0.2) is 0 Å². The summed E-state index contributed by atoms with van der Waals surface area (Å²) in [6.07, 6.45) is 3.13. The lowest BCUT2D eigenvalue weighted by atomic mass is 9.78. The summed E-state index contributed by atoms with van der Waals surface area (Å²) < 4.78 is 0. The third-order valence-corrected chi connectivity index (χ3v) is 4.98. The number of carbonyl (C=O) groups excluding carboxylic acids is 1. The Labute approximate surface area is 125 Å². The number of piperidine rings is 1. The zero-order valence-corrected chi connectivity index (χ0v) is 13.2. The summed E-state index contributed by atoms with van der Waals surface area (Å²) in [5.41, 5.74) is 2.14. The van der Waals surface area contributed by atoms with Gasteiger partial charge in [0, 0.05) is 18.8 Å². The van der Waals surface area contributed by atoms with Gasteiger partial charge < -0.3 is 15.0 Å². The Kier molecular flexibility index (Phi) is 4.12. The standard InChI is InChI=1S/C16H24N2O3/c1-5-16(4)6-8-18(9-7-16)14(19)12-10(2)13(15(20)21)17-11(12)3/h17H,5-9H2,1-4H3,(H,20,21). The van der Waals surface area contributed by atoms with Gasteiger partial charge in [-0.25, -0.2) is 4.79 Å². The summed E-state index contributed by atoms with van der Waals surface area (Å²) in [7, 11) is 0. The number of carbonyl (C=O) groups is 2. The second-order valence-corrected chi connectivity index (χ2v) is 6.39. The van der Waals surface area contributed by atoms with E-state index in [9.17, 15) is 9.59 Å². The van der Waals surface area contributed by atoms with Crippen LogP contribution in [-0.4, -0.2) is 40.0 Å². The molecule has 1 aliphatic heterocycles. The van der Waals surface area contributed by atoms with Crippen molar-refractivity contribution in [2.45, 2.75) is 47.0 Å². The van der Waals surface area contributed by atoms with Crippen LogP contribution in [0.25, 0.3) is 0 Å². The van der Waals surface area contributed by atoms with Gasteiger partial charge in [0.25, 0.3) is 5.91 Å². The quantitative estimate of drug-likeness (QED) is 0.899. The molecule has 0 spiro atoms. The van der Waals surface area contributed by atoms with Gasteiger partial charge in [-0.2, -0.15) is 0 Å². The van der Waals surface area contributed by atoms with E-state index in [1.54, 1.807) is 13.8 Å². The first-order valence-corrected chi connectivity index (χ1v) is 7.51. The van der Waals surface area contributed by atoms with Crippen LogP contribution in [0.1, 0.15) is 65.2 Å². The van der Waals surface area contributed by atoms with E-state index in [4.69, 9.17) is 5.11 Å². The molecule has 1 aliphatic rings. The average Bonchev–Trinajstić information content (AvgIpc) is 2.74. The maximum absolute atomic E-state index is 12.7. The zero-order valence-electron chi connectivity index (χ0n) is 13.2. The number of nitrogens with zero attached hydrogens (tertiary/aromatic N) is 1. The molecular weight excluding hydrogens is 268 g/mol. The van der Waals surface area contributed by atoms with E-state index in [-0.39, 0.29) is 11.6 Å². The second kappa shape index (κ2) is 5.54. The predicted molar refractivity (Wildman–Crippen MR) is 80.8 cm³/mol. The number of aromatic nitrogens is 1. The lowest BCUT2D eigenvalue weighted by molar-refractivity contribution is 0.0599. The summed E-state index contributed by atoms with van der Waals surface area (Å²) in [5, 5.41) is 9.14. The van der Waals surface area contributed by atoms with Gasteiger partial charge in [0.1, 0.15) is 5.69 Å². The van der Waals surface area contributed by atoms with Crippen molar-refractivity contribution >= 4 is 11.9 Å². The Morgan fingerprint density at radius 3 is 2.29 bits per heavy atom. The molecule has 0 aliphatic carbocycles. The number of aryl methyl sites for hydroxylation is 1. The molecule has 0 unspecified atom stereocenters. The molecule has 116 valence electrons. The fourth-order valence-corrected chi connectivity index (χ4v) is 3.05. The lowest BCUT2D eigenvalue weighted by Gasteiger charge is -2.39. The van der Waals surface area contributed by atoms with E-state index in [1.165, 1.54) is 0 Å². The minimum Gasteiger partial charge on any atom is -0.477 e. The van der Waals surface area contributed by atoms with Gasteiger partial charge in [-0.3, -0.25) is 4.79 Å². The highest BCUT2D eigenvalue weighted by molar-refractivity contribution is 6.00. The summed E-state index contributed by atoms with van der Waals surface area (Å²) in [6, 6.07) is 0. The smallest absolute Gasteiger partial charge is 0.352 e. The van der Waals surface area contributed by atoms with Crippen molar-refractivity contribution in [1.29, 1.82) is 0 Å². The van der Waals surface area contributed by atoms with Gasteiger partial charge in [-0.1, -0.05) is 20.3 Å². The van der Waals surface area contributed by atoms with E-state index < -0.39 is 5.97 Å². The minimum atomic E-state index is -1.02. The third-order valence-electron chi connectivity index (χ3n) is 4.98. The molecule has 21 heavy (non-hydrogen) atoms. The van der Waals surface area contributed by atoms with Crippen LogP contribution < -0.4 is 0 Å². The SMILES string of the molecule is CCC1(C)CCN(C(=O)c2c(C)[nH]c(C(=O)O)c2C)CC1. The number of carboxylic acid groups (broad SMARTS) is 1. The molecule has 2 N–H and O–H groups in total. The van der Waals surface area contributed by atoms with E-state index in [0.717, 1.165) is 32.4 Å². The van der Waals surface area contributed by atoms with Crippen LogP contribution >= 0.6 is 0 Å². The predicted octanol–water partition coefficient (Wildman–Crippen LogP) is 2.98. The molecule has 5 heteroatoms. The summed E-state index contributed by atoms with van der Waals surface area (Å²) in [4.78, 5) is 28.5. The fourth-order valence-electron chi connectivity index (χ4n) is 3.05. The Bertz CT molecular complexity index is 566. The molecule has 2 rings (SSSR count). The van der Waals surface area contributed by atoms with Crippen molar-refractivity contribution < 1.29 is 14.7 Å². The summed E-state index contributed by atoms with van der Waals surface area (Å²) >= 11 is 0. The van der Waals surface area contributed by atoms with Crippen molar-refractivity contribution in [3.8, 4) is 0 Å². The van der Waals surface area contributed by atoms with E-state index in [0.29, 0.717) is 22.2 Å². The normalized spacial score (nSPS) is 17.8. The molecule has 1 fully saturated rings. The van der Waals surface area contributed by atoms with Crippen molar-refractivity contribution in [3.63, 3.8) is 0 Å². The zero-order chi connectivity index (χ0) is 15.8. The first-order valence-electron chi connectivity index (χ1n) is 7.51. The van der Waals surface area contributed by atoms with Crippen LogP contribution in [-0.2, 0) is 0 Å². The first-order chi connectivity index (χ1) is 9.79. The molecule has 0 saturated carbocycles. The molecule has 0 bridgehead atoms. The Hall–Kier alpha value is -1.78. The van der Waals surface area contributed by atoms with Crippen LogP contribution in [0.2, 0.25) is 0 Å². The highest BCUT2D eigenvalue weighted by atomic mass is 16.4. The van der Waals surface area contributed by atoms with Crippen LogP contribution in [0, 0.1) is 19.3 Å². The highest BCUT2D eigenvalue weighted by Crippen LogP contribution is 2.34. The van der Waals surface area contributed by atoms with E-state index in [2.05, 4.69) is 18.8 Å². The number of hydrogen-bond acceptors (Lipinski definition) is 2. The number of aromatic carboxylic acids is 1. The second-order valence-electron chi connectivity index (χ2n) is 6.39. The van der Waals surface area contributed by atoms with E-state index in [1.807, 2.05) is 4.90 Å². The molecule has 2 heterocycles. The maximum atomic E-state index is 12.7. The largest absolute Gasteiger partial charge is 0.477 e. The number of H-pyrrole nitrogens is 1. The third kappa shape index (κ3) is 2.82. The Balaban J connectivity index is 2.21. The Morgan fingerprint density at radius 1 is 1.29 bits per heavy atom. The summed E-state index contributed by atoms with van der Waals surface area (Å²) in [5.74, 6) is -1.07. The number of nitrogens with one attached hydrogen (secondary N) is 1. The van der Waals surface area contributed by atoms with Crippen LogP contribution in [0.3, 0.4) is 0 Å². The fraction of sp³-hybridized carbons (Fsp3) is 0.625. The number of aromatic amines is 1. The number of rotatable bonds is 3. The molecular formula is C16H24N2O3. The molecule has 0 radical (unpaired) electrons. The van der Waals surface area contributed by atoms with Gasteiger partial charge in [0.2, 0.25) is 0 Å². The number of carboxylic acids is 1. The Morgan fingerprint density at radius 2 is 1.86 bits per heavy atom. The number of hydrogen-bond donors (Lipinski definition) is 2. The molecule has 1 aromatic heterocycles. The van der Waals surface area contributed by atoms with Crippen LogP contribution in [0.4, 0.5) is 0 Å². The number of likely N-dealkylation sites (tertiary alicyclic amines) is 1. The van der Waals surface area contributed by atoms with Gasteiger partial charge >= 0.3 is 5.97 Å². The molecule has 0 atom stereocenters. The molecule has 1 saturated heterocycles. The monoisotopic (exact) mass is 292 g/mol. The van der Waals surface area contributed by atoms with Crippen molar-refractivity contribution in [2.24, 2.45) is 5.41 Å². The van der Waals surface area contributed by atoms with Crippen LogP contribution in [0.5, 0.6) is 0 Å². The number of amides is 1. The first kappa shape index (κ1) is 15.6.